The van der Waals surface area contributed by atoms with E-state index in [1.807, 2.05) is 13.0 Å². The van der Waals surface area contributed by atoms with Gasteiger partial charge in [-0.3, -0.25) is 10.6 Å². The van der Waals surface area contributed by atoms with Gasteiger partial charge in [-0.05, 0) is 30.7 Å². The predicted molar refractivity (Wildman–Crippen MR) is 74.0 cm³/mol. The molecule has 0 fully saturated rings. The number of rotatable bonds is 8. The van der Waals surface area contributed by atoms with E-state index < -0.39 is 0 Å². The normalized spacial score (nSPS) is 10.3. The molecule has 106 valence electrons. The van der Waals surface area contributed by atoms with Crippen LogP contribution in [0.25, 0.3) is 0 Å². The molecule has 0 saturated heterocycles. The maximum atomic E-state index is 11.9. The summed E-state index contributed by atoms with van der Waals surface area (Å²) in [6, 6.07) is 5.33. The summed E-state index contributed by atoms with van der Waals surface area (Å²) < 4.78 is 10.1. The lowest BCUT2D eigenvalue weighted by Gasteiger charge is -2.09. The highest BCUT2D eigenvalue weighted by atomic mass is 16.5. The molecule has 0 aromatic heterocycles. The van der Waals surface area contributed by atoms with Crippen LogP contribution in [0.1, 0.15) is 15.9 Å². The van der Waals surface area contributed by atoms with Gasteiger partial charge in [-0.1, -0.05) is 0 Å². The van der Waals surface area contributed by atoms with E-state index in [0.29, 0.717) is 31.9 Å². The molecular formula is C13H21N3O3. The lowest BCUT2D eigenvalue weighted by molar-refractivity contribution is 0.0692. The smallest absolute Gasteiger partial charge is 0.251 e. The van der Waals surface area contributed by atoms with Crippen LogP contribution in [0.15, 0.2) is 18.2 Å². The number of anilines is 1. The highest BCUT2D eigenvalue weighted by molar-refractivity contribution is 5.96. The highest BCUT2D eigenvalue weighted by Crippen LogP contribution is 2.13. The van der Waals surface area contributed by atoms with Gasteiger partial charge < -0.3 is 20.2 Å². The number of hydrazine groups is 1. The van der Waals surface area contributed by atoms with Gasteiger partial charge in [-0.2, -0.15) is 0 Å². The van der Waals surface area contributed by atoms with Gasteiger partial charge in [0.1, 0.15) is 0 Å². The van der Waals surface area contributed by atoms with Crippen LogP contribution >= 0.6 is 0 Å². The zero-order valence-corrected chi connectivity index (χ0v) is 11.4. The Morgan fingerprint density at radius 3 is 2.74 bits per heavy atom. The zero-order valence-electron chi connectivity index (χ0n) is 11.4. The number of carbonyl (C=O) groups is 1. The van der Waals surface area contributed by atoms with E-state index in [0.717, 1.165) is 11.3 Å². The Balaban J connectivity index is 2.37. The van der Waals surface area contributed by atoms with E-state index in [-0.39, 0.29) is 5.91 Å². The molecule has 0 spiro atoms. The summed E-state index contributed by atoms with van der Waals surface area (Å²) in [4.78, 5) is 11.9. The molecule has 0 atom stereocenters. The molecule has 1 aromatic rings. The van der Waals surface area contributed by atoms with Crippen molar-refractivity contribution < 1.29 is 14.3 Å². The first-order valence-corrected chi connectivity index (χ1v) is 6.11. The van der Waals surface area contributed by atoms with Crippen LogP contribution in [0.5, 0.6) is 0 Å². The average molecular weight is 267 g/mol. The topological polar surface area (TPSA) is 85.6 Å². The van der Waals surface area contributed by atoms with Gasteiger partial charge in [-0.25, -0.2) is 0 Å². The summed E-state index contributed by atoms with van der Waals surface area (Å²) in [5, 5.41) is 2.80. The molecule has 0 heterocycles. The zero-order chi connectivity index (χ0) is 14.1. The highest BCUT2D eigenvalue weighted by Gasteiger charge is 2.08. The molecule has 1 rings (SSSR count). The van der Waals surface area contributed by atoms with E-state index in [9.17, 15) is 4.79 Å². The van der Waals surface area contributed by atoms with Gasteiger partial charge in [0.25, 0.3) is 5.91 Å². The van der Waals surface area contributed by atoms with Gasteiger partial charge in [0, 0.05) is 24.9 Å². The van der Waals surface area contributed by atoms with Gasteiger partial charge in [0.15, 0.2) is 0 Å². The van der Waals surface area contributed by atoms with Gasteiger partial charge >= 0.3 is 0 Å². The number of benzene rings is 1. The van der Waals surface area contributed by atoms with E-state index in [4.69, 9.17) is 15.3 Å². The third kappa shape index (κ3) is 5.25. The molecule has 0 aliphatic carbocycles. The monoisotopic (exact) mass is 267 g/mol. The Kier molecular flexibility index (Phi) is 6.88. The van der Waals surface area contributed by atoms with Crippen molar-refractivity contribution in [1.82, 2.24) is 5.32 Å². The number of nitrogens with two attached hydrogens (primary N) is 1. The summed E-state index contributed by atoms with van der Waals surface area (Å²) in [5.41, 5.74) is 4.82. The molecule has 1 aromatic carbocycles. The van der Waals surface area contributed by atoms with E-state index in [1.54, 1.807) is 19.2 Å². The largest absolute Gasteiger partial charge is 0.382 e. The first kappa shape index (κ1) is 15.4. The van der Waals surface area contributed by atoms with E-state index in [1.165, 1.54) is 0 Å². The minimum atomic E-state index is -0.114. The van der Waals surface area contributed by atoms with Crippen LogP contribution in [-0.4, -0.2) is 39.4 Å². The lowest BCUT2D eigenvalue weighted by atomic mass is 10.1. The first-order valence-electron chi connectivity index (χ1n) is 6.11. The van der Waals surface area contributed by atoms with Crippen molar-refractivity contribution >= 4 is 11.6 Å². The fourth-order valence-electron chi connectivity index (χ4n) is 1.58. The maximum Gasteiger partial charge on any atom is 0.251 e. The van der Waals surface area contributed by atoms with Crippen molar-refractivity contribution in [2.24, 2.45) is 5.84 Å². The van der Waals surface area contributed by atoms with Crippen LogP contribution < -0.4 is 16.6 Å². The second kappa shape index (κ2) is 8.47. The summed E-state index contributed by atoms with van der Waals surface area (Å²) in [6.45, 7) is 3.89. The number of amides is 1. The number of aryl methyl sites for hydroxylation is 1. The average Bonchev–Trinajstić information content (AvgIpc) is 2.42. The van der Waals surface area contributed by atoms with Gasteiger partial charge in [-0.15, -0.1) is 0 Å². The number of hydrogen-bond acceptors (Lipinski definition) is 5. The molecule has 1 amide bonds. The molecule has 4 N–H and O–H groups in total. The number of methoxy groups -OCH3 is 1. The third-order valence-corrected chi connectivity index (χ3v) is 2.60. The van der Waals surface area contributed by atoms with Crippen molar-refractivity contribution in [1.29, 1.82) is 0 Å². The summed E-state index contributed by atoms with van der Waals surface area (Å²) >= 11 is 0. The quantitative estimate of drug-likeness (QED) is 0.366. The van der Waals surface area contributed by atoms with Crippen molar-refractivity contribution in [3.63, 3.8) is 0 Å². The third-order valence-electron chi connectivity index (χ3n) is 2.60. The fraction of sp³-hybridized carbons (Fsp3) is 0.462. The number of nitrogen functional groups attached to an aromatic ring is 1. The SMILES string of the molecule is COCCOCCNC(=O)c1ccc(NN)cc1C. The first-order chi connectivity index (χ1) is 9.19. The number of ether oxygens (including phenoxy) is 2. The van der Waals surface area contributed by atoms with Crippen molar-refractivity contribution in [3.05, 3.63) is 29.3 Å². The van der Waals surface area contributed by atoms with Crippen molar-refractivity contribution in [3.8, 4) is 0 Å². The van der Waals surface area contributed by atoms with Crippen LogP contribution in [-0.2, 0) is 9.47 Å². The standard InChI is InChI=1S/C13H21N3O3/c1-10-9-11(16-14)3-4-12(10)13(17)15-5-6-19-8-7-18-2/h3-4,9,16H,5-8,14H2,1-2H3,(H,15,17). The van der Waals surface area contributed by atoms with Crippen LogP contribution in [0.3, 0.4) is 0 Å². The van der Waals surface area contributed by atoms with Crippen molar-refractivity contribution in [2.45, 2.75) is 6.92 Å². The second-order valence-electron chi connectivity index (χ2n) is 4.04. The Hall–Kier alpha value is -1.63. The molecule has 0 unspecified atom stereocenters. The number of carbonyl (C=O) groups excluding carboxylic acids is 1. The summed E-state index contributed by atoms with van der Waals surface area (Å²) in [6.07, 6.45) is 0. The molecule has 0 bridgehead atoms. The molecule has 0 aliphatic heterocycles. The molecule has 0 radical (unpaired) electrons. The second-order valence-corrected chi connectivity index (χ2v) is 4.04. The maximum absolute atomic E-state index is 11.9. The fourth-order valence-corrected chi connectivity index (χ4v) is 1.58. The minimum Gasteiger partial charge on any atom is -0.382 e. The van der Waals surface area contributed by atoms with Gasteiger partial charge in [0.05, 0.1) is 19.8 Å². The Morgan fingerprint density at radius 2 is 2.11 bits per heavy atom. The lowest BCUT2D eigenvalue weighted by Crippen LogP contribution is -2.28. The van der Waals surface area contributed by atoms with Gasteiger partial charge in [0.2, 0.25) is 0 Å². The summed E-state index contributed by atoms with van der Waals surface area (Å²) in [5.74, 6) is 5.19. The molecule has 6 heteroatoms. The Morgan fingerprint density at radius 1 is 1.32 bits per heavy atom. The molecule has 19 heavy (non-hydrogen) atoms. The Labute approximate surface area is 113 Å². The Bertz CT molecular complexity index is 410. The molecule has 6 nitrogen and oxygen atoms in total. The minimum absolute atomic E-state index is 0.114. The predicted octanol–water partition coefficient (Wildman–Crippen LogP) is 0.673. The number of nitrogens with one attached hydrogen (secondary N) is 2. The number of hydrogen-bond donors (Lipinski definition) is 3. The molecular weight excluding hydrogens is 246 g/mol. The van der Waals surface area contributed by atoms with E-state index >= 15 is 0 Å². The van der Waals surface area contributed by atoms with E-state index in [2.05, 4.69) is 10.7 Å². The van der Waals surface area contributed by atoms with Crippen molar-refractivity contribution in [2.75, 3.05) is 38.9 Å². The van der Waals surface area contributed by atoms with Crippen LogP contribution in [0.2, 0.25) is 0 Å². The summed E-state index contributed by atoms with van der Waals surface area (Å²) in [7, 11) is 1.62. The van der Waals surface area contributed by atoms with Crippen LogP contribution in [0, 0.1) is 6.92 Å². The molecule has 0 saturated carbocycles. The van der Waals surface area contributed by atoms with Crippen LogP contribution in [0.4, 0.5) is 5.69 Å². The molecule has 0 aliphatic rings.